The van der Waals surface area contributed by atoms with E-state index < -0.39 is 5.82 Å². The Morgan fingerprint density at radius 2 is 1.71 bits per heavy atom. The summed E-state index contributed by atoms with van der Waals surface area (Å²) in [6.07, 6.45) is 10.6. The minimum atomic E-state index is -0.498. The Kier molecular flexibility index (Phi) is 7.41. The summed E-state index contributed by atoms with van der Waals surface area (Å²) in [6, 6.07) is 5.76. The van der Waals surface area contributed by atoms with Gasteiger partial charge in [-0.25, -0.2) is 4.39 Å². The number of carbonyl (C=O) groups is 3. The average molecular weight is 574 g/mol. The number of rotatable bonds is 7. The number of likely N-dealkylation sites (tertiary alicyclic amines) is 1. The molecule has 1 N–H and O–H groups in total. The fraction of sp³-hybridized carbons (Fsp3) is 0.515. The van der Waals surface area contributed by atoms with Crippen LogP contribution in [0.15, 0.2) is 42.9 Å². The molecule has 3 aliphatic rings. The standard InChI is InChI=1S/C33H40FN5O3/c1-20(2)39(21(3)4)31(41)25-17-23(34)5-6-28(25)38-19-26(24-8-14-35-18-29(24)38)30(40)22-9-15-37(16-10-22)32(42)27-7-11-33(36-27)12-13-33/h5-6,8,14,17-22,27,36H,7,9-13,15-16H2,1-4H3/t27-/m0/s1. The van der Waals surface area contributed by atoms with Gasteiger partial charge in [-0.15, -0.1) is 0 Å². The molecule has 6 rings (SSSR count). The second-order valence-electron chi connectivity index (χ2n) is 12.8. The van der Waals surface area contributed by atoms with Gasteiger partial charge in [-0.05, 0) is 90.5 Å². The molecule has 42 heavy (non-hydrogen) atoms. The minimum absolute atomic E-state index is 0.0222. The van der Waals surface area contributed by atoms with Crippen molar-refractivity contribution in [2.45, 2.75) is 89.9 Å². The number of ketones is 1. The Balaban J connectivity index is 1.27. The first-order valence-corrected chi connectivity index (χ1v) is 15.3. The largest absolute Gasteiger partial charge is 0.341 e. The lowest BCUT2D eigenvalue weighted by atomic mass is 9.88. The van der Waals surface area contributed by atoms with Crippen molar-refractivity contribution in [2.75, 3.05) is 13.1 Å². The third kappa shape index (κ3) is 5.12. The first kappa shape index (κ1) is 28.5. The van der Waals surface area contributed by atoms with E-state index >= 15 is 0 Å². The van der Waals surface area contributed by atoms with Gasteiger partial charge in [0, 0.05) is 60.0 Å². The summed E-state index contributed by atoms with van der Waals surface area (Å²) < 4.78 is 16.3. The number of halogens is 1. The molecular formula is C33H40FN5O3. The number of Topliss-reactive ketones (excluding diaryl/α,β-unsaturated/α-hetero) is 1. The van der Waals surface area contributed by atoms with Gasteiger partial charge in [-0.1, -0.05) is 0 Å². The topological polar surface area (TPSA) is 87.5 Å². The van der Waals surface area contributed by atoms with E-state index in [0.717, 1.165) is 31.1 Å². The molecular weight excluding hydrogens is 533 g/mol. The number of pyridine rings is 1. The van der Waals surface area contributed by atoms with E-state index in [1.165, 1.54) is 12.1 Å². The summed E-state index contributed by atoms with van der Waals surface area (Å²) >= 11 is 0. The number of hydrogen-bond acceptors (Lipinski definition) is 5. The van der Waals surface area contributed by atoms with E-state index in [9.17, 15) is 18.8 Å². The molecule has 1 spiro atoms. The molecule has 222 valence electrons. The zero-order valence-corrected chi connectivity index (χ0v) is 24.9. The Morgan fingerprint density at radius 3 is 2.36 bits per heavy atom. The number of piperidine rings is 1. The first-order valence-electron chi connectivity index (χ1n) is 15.3. The van der Waals surface area contributed by atoms with Gasteiger partial charge in [0.1, 0.15) is 5.82 Å². The summed E-state index contributed by atoms with van der Waals surface area (Å²) in [7, 11) is 0. The number of fused-ring (bicyclic) bond motifs is 1. The molecule has 0 radical (unpaired) electrons. The van der Waals surface area contributed by atoms with Crippen LogP contribution >= 0.6 is 0 Å². The highest BCUT2D eigenvalue weighted by Crippen LogP contribution is 2.45. The van der Waals surface area contributed by atoms with E-state index in [1.807, 2.05) is 38.7 Å². The van der Waals surface area contributed by atoms with E-state index in [-0.39, 0.29) is 52.7 Å². The van der Waals surface area contributed by atoms with Crippen LogP contribution in [0.25, 0.3) is 16.6 Å². The zero-order chi connectivity index (χ0) is 29.8. The molecule has 0 bridgehead atoms. The van der Waals surface area contributed by atoms with Crippen LogP contribution in [0, 0.1) is 11.7 Å². The third-order valence-corrected chi connectivity index (χ3v) is 9.39. The van der Waals surface area contributed by atoms with Gasteiger partial charge in [0.05, 0.1) is 29.0 Å². The van der Waals surface area contributed by atoms with E-state index in [2.05, 4.69) is 10.3 Å². The predicted octanol–water partition coefficient (Wildman–Crippen LogP) is 5.13. The highest BCUT2D eigenvalue weighted by Gasteiger charge is 2.50. The normalized spacial score (nSPS) is 20.2. The number of amides is 2. The van der Waals surface area contributed by atoms with E-state index in [4.69, 9.17) is 0 Å². The van der Waals surface area contributed by atoms with Crippen molar-refractivity contribution in [3.63, 3.8) is 0 Å². The summed E-state index contributed by atoms with van der Waals surface area (Å²) in [5.41, 5.74) is 2.18. The number of nitrogens with one attached hydrogen (secondary N) is 1. The summed E-state index contributed by atoms with van der Waals surface area (Å²) in [4.78, 5) is 48.8. The predicted molar refractivity (Wildman–Crippen MR) is 159 cm³/mol. The number of carbonyl (C=O) groups excluding carboxylic acids is 3. The Hall–Kier alpha value is -3.59. The first-order chi connectivity index (χ1) is 20.1. The quantitative estimate of drug-likeness (QED) is 0.396. The van der Waals surface area contributed by atoms with Crippen LogP contribution < -0.4 is 5.32 Å². The fourth-order valence-electron chi connectivity index (χ4n) is 7.03. The number of nitrogens with zero attached hydrogens (tertiary/aromatic N) is 4. The van der Waals surface area contributed by atoms with Crippen molar-refractivity contribution >= 4 is 28.5 Å². The van der Waals surface area contributed by atoms with Crippen LogP contribution in [0.5, 0.6) is 0 Å². The number of aromatic nitrogens is 2. The Morgan fingerprint density at radius 1 is 1.00 bits per heavy atom. The highest BCUT2D eigenvalue weighted by atomic mass is 19.1. The van der Waals surface area contributed by atoms with Crippen molar-refractivity contribution in [1.82, 2.24) is 24.7 Å². The molecule has 9 heteroatoms. The molecule has 0 unspecified atom stereocenters. The van der Waals surface area contributed by atoms with Crippen LogP contribution in [-0.4, -0.2) is 73.7 Å². The van der Waals surface area contributed by atoms with Crippen molar-refractivity contribution in [3.8, 4) is 5.69 Å². The van der Waals surface area contributed by atoms with Crippen LogP contribution in [0.4, 0.5) is 4.39 Å². The molecule has 8 nitrogen and oxygen atoms in total. The Labute approximate surface area is 246 Å². The summed E-state index contributed by atoms with van der Waals surface area (Å²) in [5, 5.41) is 4.30. The zero-order valence-electron chi connectivity index (χ0n) is 24.9. The van der Waals surface area contributed by atoms with Crippen molar-refractivity contribution in [3.05, 3.63) is 59.8 Å². The molecule has 2 aliphatic heterocycles. The molecule has 2 aromatic heterocycles. The van der Waals surface area contributed by atoms with Gasteiger partial charge in [-0.2, -0.15) is 0 Å². The van der Waals surface area contributed by atoms with Crippen LogP contribution in [-0.2, 0) is 4.79 Å². The molecule has 1 aromatic carbocycles. The fourth-order valence-corrected chi connectivity index (χ4v) is 7.03. The van der Waals surface area contributed by atoms with Gasteiger partial charge >= 0.3 is 0 Å². The third-order valence-electron chi connectivity index (χ3n) is 9.39. The number of hydrogen-bond donors (Lipinski definition) is 1. The average Bonchev–Trinajstić information content (AvgIpc) is 3.43. The van der Waals surface area contributed by atoms with Crippen LogP contribution in [0.3, 0.4) is 0 Å². The highest BCUT2D eigenvalue weighted by molar-refractivity contribution is 6.10. The Bertz CT molecular complexity index is 1530. The maximum absolute atomic E-state index is 14.5. The number of benzene rings is 1. The minimum Gasteiger partial charge on any atom is -0.341 e. The van der Waals surface area contributed by atoms with Crippen molar-refractivity contribution in [2.24, 2.45) is 5.92 Å². The summed E-state index contributed by atoms with van der Waals surface area (Å²) in [6.45, 7) is 8.89. The van der Waals surface area contributed by atoms with Crippen LogP contribution in [0.1, 0.15) is 86.9 Å². The van der Waals surface area contributed by atoms with Gasteiger partial charge in [0.15, 0.2) is 5.78 Å². The molecule has 4 heterocycles. The van der Waals surface area contributed by atoms with E-state index in [0.29, 0.717) is 42.7 Å². The second-order valence-corrected chi connectivity index (χ2v) is 12.8. The lowest BCUT2D eigenvalue weighted by molar-refractivity contribution is -0.134. The molecule has 3 aromatic rings. The van der Waals surface area contributed by atoms with Gasteiger partial charge < -0.3 is 19.7 Å². The maximum atomic E-state index is 14.5. The van der Waals surface area contributed by atoms with Crippen molar-refractivity contribution < 1.29 is 18.8 Å². The molecule has 2 saturated heterocycles. The molecule has 2 amide bonds. The smallest absolute Gasteiger partial charge is 0.256 e. The van der Waals surface area contributed by atoms with Crippen LogP contribution in [0.2, 0.25) is 0 Å². The van der Waals surface area contributed by atoms with Gasteiger partial charge in [0.2, 0.25) is 5.91 Å². The lowest BCUT2D eigenvalue weighted by Gasteiger charge is -2.33. The molecule has 1 saturated carbocycles. The SMILES string of the molecule is CC(C)N(C(=O)c1cc(F)ccc1-n1cc(C(=O)C2CCN(C(=O)[C@@H]3CCC4(CC4)N3)CC2)c2ccncc21)C(C)C. The maximum Gasteiger partial charge on any atom is 0.256 e. The molecule has 1 atom stereocenters. The van der Waals surface area contributed by atoms with E-state index in [1.54, 1.807) is 34.1 Å². The molecule has 1 aliphatic carbocycles. The summed E-state index contributed by atoms with van der Waals surface area (Å²) in [5.74, 6) is -0.790. The van der Waals surface area contributed by atoms with Crippen molar-refractivity contribution in [1.29, 1.82) is 0 Å². The van der Waals surface area contributed by atoms with Gasteiger partial charge in [0.25, 0.3) is 5.91 Å². The van der Waals surface area contributed by atoms with Gasteiger partial charge in [-0.3, -0.25) is 19.4 Å². The second kappa shape index (κ2) is 10.9. The molecule has 3 fully saturated rings. The lowest BCUT2D eigenvalue weighted by Crippen LogP contribution is -2.49. The monoisotopic (exact) mass is 573 g/mol.